The highest BCUT2D eigenvalue weighted by Crippen LogP contribution is 2.18. The van der Waals surface area contributed by atoms with E-state index in [1.165, 1.54) is 10.9 Å². The summed E-state index contributed by atoms with van der Waals surface area (Å²) in [6.45, 7) is 6.50. The predicted octanol–water partition coefficient (Wildman–Crippen LogP) is 2.59. The number of piperazine rings is 1. The van der Waals surface area contributed by atoms with Crippen molar-refractivity contribution in [3.8, 4) is 0 Å². The SMILES string of the molecule is ClCCN1CCN(Cc2ccnc3ccccc23)CC1. The molecular formula is C16H20ClN3. The number of aromatic nitrogens is 1. The summed E-state index contributed by atoms with van der Waals surface area (Å²) in [5.74, 6) is 0.731. The molecule has 3 rings (SSSR count). The molecule has 0 amide bonds. The first kappa shape index (κ1) is 13.8. The first-order valence-electron chi connectivity index (χ1n) is 7.20. The van der Waals surface area contributed by atoms with E-state index in [-0.39, 0.29) is 0 Å². The summed E-state index contributed by atoms with van der Waals surface area (Å²) in [5, 5.41) is 1.28. The zero-order valence-corrected chi connectivity index (χ0v) is 12.4. The van der Waals surface area contributed by atoms with Gasteiger partial charge in [-0.15, -0.1) is 11.6 Å². The van der Waals surface area contributed by atoms with Gasteiger partial charge in [-0.3, -0.25) is 14.8 Å². The molecule has 0 saturated carbocycles. The molecule has 1 aliphatic heterocycles. The van der Waals surface area contributed by atoms with Crippen LogP contribution in [0.3, 0.4) is 0 Å². The molecule has 2 aromatic rings. The maximum absolute atomic E-state index is 5.80. The van der Waals surface area contributed by atoms with Crippen LogP contribution in [0, 0.1) is 0 Å². The molecule has 0 unspecified atom stereocenters. The van der Waals surface area contributed by atoms with Crippen molar-refractivity contribution in [3.63, 3.8) is 0 Å². The Kier molecular flexibility index (Phi) is 4.51. The van der Waals surface area contributed by atoms with Gasteiger partial charge in [-0.05, 0) is 17.7 Å². The Balaban J connectivity index is 1.68. The van der Waals surface area contributed by atoms with E-state index in [2.05, 4.69) is 39.0 Å². The summed E-state index contributed by atoms with van der Waals surface area (Å²) in [4.78, 5) is 9.39. The average molecular weight is 290 g/mol. The quantitative estimate of drug-likeness (QED) is 0.807. The average Bonchev–Trinajstić information content (AvgIpc) is 2.50. The number of pyridine rings is 1. The van der Waals surface area contributed by atoms with Gasteiger partial charge in [-0.25, -0.2) is 0 Å². The molecule has 1 aliphatic rings. The number of benzene rings is 1. The fourth-order valence-electron chi connectivity index (χ4n) is 2.82. The molecule has 20 heavy (non-hydrogen) atoms. The summed E-state index contributed by atoms with van der Waals surface area (Å²) in [6.07, 6.45) is 1.92. The lowest BCUT2D eigenvalue weighted by molar-refractivity contribution is 0.133. The van der Waals surface area contributed by atoms with Gasteiger partial charge in [0.05, 0.1) is 5.52 Å². The highest BCUT2D eigenvalue weighted by Gasteiger charge is 2.16. The minimum Gasteiger partial charge on any atom is -0.300 e. The van der Waals surface area contributed by atoms with Crippen molar-refractivity contribution in [2.24, 2.45) is 0 Å². The third kappa shape index (κ3) is 3.11. The van der Waals surface area contributed by atoms with E-state index in [1.54, 1.807) is 0 Å². The zero-order chi connectivity index (χ0) is 13.8. The van der Waals surface area contributed by atoms with Crippen LogP contribution in [0.2, 0.25) is 0 Å². The first-order chi connectivity index (χ1) is 9.86. The van der Waals surface area contributed by atoms with Crippen molar-refractivity contribution in [1.29, 1.82) is 0 Å². The molecule has 1 fully saturated rings. The van der Waals surface area contributed by atoms with Crippen LogP contribution in [0.5, 0.6) is 0 Å². The lowest BCUT2D eigenvalue weighted by Gasteiger charge is -2.34. The minimum atomic E-state index is 0.731. The molecule has 0 N–H and O–H groups in total. The van der Waals surface area contributed by atoms with E-state index < -0.39 is 0 Å². The van der Waals surface area contributed by atoms with Gasteiger partial charge in [0.1, 0.15) is 0 Å². The molecule has 0 aliphatic carbocycles. The Bertz CT molecular complexity index is 559. The number of rotatable bonds is 4. The normalized spacial score (nSPS) is 17.6. The number of fused-ring (bicyclic) bond motifs is 1. The van der Waals surface area contributed by atoms with Crippen molar-refractivity contribution in [2.75, 3.05) is 38.6 Å². The van der Waals surface area contributed by atoms with Crippen LogP contribution < -0.4 is 0 Å². The summed E-state index contributed by atoms with van der Waals surface area (Å²) < 4.78 is 0. The molecule has 4 heteroatoms. The molecule has 3 nitrogen and oxygen atoms in total. The number of nitrogens with zero attached hydrogens (tertiary/aromatic N) is 3. The van der Waals surface area contributed by atoms with Gasteiger partial charge in [0, 0.05) is 56.7 Å². The Morgan fingerprint density at radius 2 is 1.75 bits per heavy atom. The standard InChI is InChI=1S/C16H20ClN3/c17-6-8-19-9-11-20(12-10-19)13-14-5-7-18-16-4-2-1-3-15(14)16/h1-5,7H,6,8-13H2. The molecule has 0 spiro atoms. The summed E-state index contributed by atoms with van der Waals surface area (Å²) >= 11 is 5.80. The maximum Gasteiger partial charge on any atom is 0.0705 e. The van der Waals surface area contributed by atoms with Gasteiger partial charge in [0.2, 0.25) is 0 Å². The van der Waals surface area contributed by atoms with E-state index in [4.69, 9.17) is 11.6 Å². The topological polar surface area (TPSA) is 19.4 Å². The Morgan fingerprint density at radius 3 is 2.55 bits per heavy atom. The number of para-hydroxylation sites is 1. The van der Waals surface area contributed by atoms with Crippen molar-refractivity contribution >= 4 is 22.5 Å². The Morgan fingerprint density at radius 1 is 1.00 bits per heavy atom. The van der Waals surface area contributed by atoms with Crippen LogP contribution in [0.15, 0.2) is 36.5 Å². The van der Waals surface area contributed by atoms with Crippen LogP contribution >= 0.6 is 11.6 Å². The van der Waals surface area contributed by atoms with Crippen LogP contribution in [0.4, 0.5) is 0 Å². The fraction of sp³-hybridized carbons (Fsp3) is 0.438. The lowest BCUT2D eigenvalue weighted by Crippen LogP contribution is -2.46. The highest BCUT2D eigenvalue weighted by atomic mass is 35.5. The zero-order valence-electron chi connectivity index (χ0n) is 11.6. The van der Waals surface area contributed by atoms with Gasteiger partial charge in [-0.1, -0.05) is 18.2 Å². The molecular weight excluding hydrogens is 270 g/mol. The lowest BCUT2D eigenvalue weighted by atomic mass is 10.1. The minimum absolute atomic E-state index is 0.731. The monoisotopic (exact) mass is 289 g/mol. The number of hydrogen-bond acceptors (Lipinski definition) is 3. The van der Waals surface area contributed by atoms with Gasteiger partial charge in [0.15, 0.2) is 0 Å². The molecule has 1 aromatic carbocycles. The Labute approximate surface area is 125 Å². The Hall–Kier alpha value is -1.16. The summed E-state index contributed by atoms with van der Waals surface area (Å²) in [5.41, 5.74) is 2.46. The third-order valence-corrected chi connectivity index (χ3v) is 4.17. The molecule has 0 radical (unpaired) electrons. The fourth-order valence-corrected chi connectivity index (χ4v) is 3.06. The van der Waals surface area contributed by atoms with E-state index in [0.717, 1.165) is 50.7 Å². The summed E-state index contributed by atoms with van der Waals surface area (Å²) in [7, 11) is 0. The predicted molar refractivity (Wildman–Crippen MR) is 84.2 cm³/mol. The molecule has 1 saturated heterocycles. The second-order valence-electron chi connectivity index (χ2n) is 5.29. The van der Waals surface area contributed by atoms with Gasteiger partial charge >= 0.3 is 0 Å². The van der Waals surface area contributed by atoms with Gasteiger partial charge in [-0.2, -0.15) is 0 Å². The smallest absolute Gasteiger partial charge is 0.0705 e. The van der Waals surface area contributed by atoms with Crippen LogP contribution in [-0.2, 0) is 6.54 Å². The highest BCUT2D eigenvalue weighted by molar-refractivity contribution is 6.18. The van der Waals surface area contributed by atoms with Crippen molar-refractivity contribution in [1.82, 2.24) is 14.8 Å². The number of halogens is 1. The molecule has 1 aromatic heterocycles. The van der Waals surface area contributed by atoms with Crippen molar-refractivity contribution in [2.45, 2.75) is 6.54 Å². The molecule has 0 atom stereocenters. The van der Waals surface area contributed by atoms with E-state index in [9.17, 15) is 0 Å². The van der Waals surface area contributed by atoms with E-state index in [0.29, 0.717) is 0 Å². The molecule has 0 bridgehead atoms. The van der Waals surface area contributed by atoms with Crippen LogP contribution in [0.1, 0.15) is 5.56 Å². The van der Waals surface area contributed by atoms with Crippen molar-refractivity contribution < 1.29 is 0 Å². The molecule has 106 valence electrons. The summed E-state index contributed by atoms with van der Waals surface area (Å²) in [6, 6.07) is 10.5. The third-order valence-electron chi connectivity index (χ3n) is 4.00. The largest absolute Gasteiger partial charge is 0.300 e. The van der Waals surface area contributed by atoms with Gasteiger partial charge < -0.3 is 0 Å². The van der Waals surface area contributed by atoms with Crippen LogP contribution in [0.25, 0.3) is 10.9 Å². The second kappa shape index (κ2) is 6.53. The first-order valence-corrected chi connectivity index (χ1v) is 7.73. The maximum atomic E-state index is 5.80. The van der Waals surface area contributed by atoms with Gasteiger partial charge in [0.25, 0.3) is 0 Å². The molecule has 2 heterocycles. The van der Waals surface area contributed by atoms with E-state index in [1.807, 2.05) is 12.3 Å². The van der Waals surface area contributed by atoms with Crippen molar-refractivity contribution in [3.05, 3.63) is 42.1 Å². The number of hydrogen-bond donors (Lipinski definition) is 0. The van der Waals surface area contributed by atoms with Crippen LogP contribution in [-0.4, -0.2) is 53.4 Å². The number of alkyl halides is 1. The van der Waals surface area contributed by atoms with E-state index >= 15 is 0 Å². The second-order valence-corrected chi connectivity index (χ2v) is 5.67.